The van der Waals surface area contributed by atoms with Crippen LogP contribution in [0.5, 0.6) is 0 Å². The number of hydrogen-bond donors (Lipinski definition) is 2. The first-order chi connectivity index (χ1) is 15.0. The molecule has 174 valence electrons. The lowest BCUT2D eigenvalue weighted by Gasteiger charge is -2.12. The van der Waals surface area contributed by atoms with Gasteiger partial charge in [-0.05, 0) is 52.7 Å². The zero-order valence-corrected chi connectivity index (χ0v) is 22.2. The Morgan fingerprint density at radius 3 is 2.41 bits per heavy atom. The maximum atomic E-state index is 4.81. The van der Waals surface area contributed by atoms with Crippen LogP contribution in [-0.4, -0.2) is 38.6 Å². The van der Waals surface area contributed by atoms with Gasteiger partial charge in [0.2, 0.25) is 0 Å². The van der Waals surface area contributed by atoms with Gasteiger partial charge >= 0.3 is 0 Å². The van der Waals surface area contributed by atoms with Crippen LogP contribution in [0.2, 0.25) is 0 Å². The summed E-state index contributed by atoms with van der Waals surface area (Å²) >= 11 is 0. The molecule has 0 fully saturated rings. The molecule has 3 aromatic rings. The van der Waals surface area contributed by atoms with E-state index in [1.54, 1.807) is 0 Å². The topological polar surface area (TPSA) is 72.1 Å². The van der Waals surface area contributed by atoms with Gasteiger partial charge in [0.25, 0.3) is 0 Å². The Morgan fingerprint density at radius 2 is 1.75 bits per heavy atom. The van der Waals surface area contributed by atoms with Gasteiger partial charge in [-0.25, -0.2) is 4.99 Å². The van der Waals surface area contributed by atoms with Gasteiger partial charge in [-0.2, -0.15) is 10.2 Å². The third-order valence-corrected chi connectivity index (χ3v) is 5.39. The average Bonchev–Trinajstić information content (AvgIpc) is 3.21. The van der Waals surface area contributed by atoms with Crippen LogP contribution < -0.4 is 10.6 Å². The first kappa shape index (κ1) is 25.9. The Bertz CT molecular complexity index is 1010. The molecule has 2 heterocycles. The van der Waals surface area contributed by atoms with E-state index in [4.69, 9.17) is 10.1 Å². The monoisotopic (exact) mass is 549 g/mol. The van der Waals surface area contributed by atoms with Gasteiger partial charge in [0.05, 0.1) is 24.5 Å². The first-order valence-electron chi connectivity index (χ1n) is 11.1. The van der Waals surface area contributed by atoms with E-state index in [9.17, 15) is 0 Å². The minimum Gasteiger partial charge on any atom is -0.357 e. The van der Waals surface area contributed by atoms with Crippen LogP contribution in [0.15, 0.2) is 41.4 Å². The maximum Gasteiger partial charge on any atom is 0.191 e. The lowest BCUT2D eigenvalue weighted by atomic mass is 10.2. The van der Waals surface area contributed by atoms with Crippen molar-refractivity contribution in [3.05, 3.63) is 70.3 Å². The molecule has 32 heavy (non-hydrogen) atoms. The fourth-order valence-corrected chi connectivity index (χ4v) is 3.71. The molecule has 0 saturated carbocycles. The summed E-state index contributed by atoms with van der Waals surface area (Å²) in [7, 11) is 0. The van der Waals surface area contributed by atoms with Crippen LogP contribution >= 0.6 is 24.0 Å². The minimum atomic E-state index is 0. The fraction of sp³-hybridized carbons (Fsp3) is 0.458. The van der Waals surface area contributed by atoms with Crippen molar-refractivity contribution >= 4 is 29.9 Å². The maximum absolute atomic E-state index is 4.81. The molecule has 8 heteroatoms. The largest absolute Gasteiger partial charge is 0.357 e. The number of rotatable bonds is 9. The number of guanidine groups is 1. The third kappa shape index (κ3) is 7.08. The summed E-state index contributed by atoms with van der Waals surface area (Å²) in [4.78, 5) is 4.81. The van der Waals surface area contributed by atoms with E-state index in [1.807, 2.05) is 13.0 Å². The Labute approximate surface area is 208 Å². The lowest BCUT2D eigenvalue weighted by Crippen LogP contribution is -2.38. The third-order valence-electron chi connectivity index (χ3n) is 5.39. The summed E-state index contributed by atoms with van der Waals surface area (Å²) < 4.78 is 4.14. The normalized spacial score (nSPS) is 11.3. The van der Waals surface area contributed by atoms with E-state index in [-0.39, 0.29) is 24.0 Å². The van der Waals surface area contributed by atoms with Crippen LogP contribution in [0.3, 0.4) is 0 Å². The standard InChI is InChI=1S/C24H35N7.HI/c1-6-25-24(26-13-10-14-30-19(3)15-18(2)28-30)27-16-23-20(4)29-31(21(23)5)17-22-11-8-7-9-12-22;/h7-9,11-12,15H,6,10,13-14,16-17H2,1-5H3,(H2,25,26,27);1H. The molecule has 7 nitrogen and oxygen atoms in total. The minimum absolute atomic E-state index is 0. The zero-order chi connectivity index (χ0) is 22.2. The molecule has 2 aromatic heterocycles. The van der Waals surface area contributed by atoms with Crippen molar-refractivity contribution in [2.45, 2.75) is 60.7 Å². The van der Waals surface area contributed by atoms with Crippen LogP contribution in [0.25, 0.3) is 0 Å². The van der Waals surface area contributed by atoms with Gasteiger partial charge in [-0.1, -0.05) is 30.3 Å². The molecule has 0 spiro atoms. The lowest BCUT2D eigenvalue weighted by molar-refractivity contribution is 0.555. The number of nitrogens with one attached hydrogen (secondary N) is 2. The molecule has 0 aliphatic carbocycles. The van der Waals surface area contributed by atoms with E-state index in [0.29, 0.717) is 6.54 Å². The van der Waals surface area contributed by atoms with Crippen molar-refractivity contribution in [1.29, 1.82) is 0 Å². The Hall–Kier alpha value is -2.36. The van der Waals surface area contributed by atoms with Crippen molar-refractivity contribution in [3.63, 3.8) is 0 Å². The van der Waals surface area contributed by atoms with Crippen LogP contribution in [0.1, 0.15) is 47.2 Å². The second-order valence-electron chi connectivity index (χ2n) is 7.92. The van der Waals surface area contributed by atoms with Crippen molar-refractivity contribution < 1.29 is 0 Å². The van der Waals surface area contributed by atoms with E-state index in [2.05, 4.69) is 83.1 Å². The highest BCUT2D eigenvalue weighted by molar-refractivity contribution is 14.0. The second kappa shape index (κ2) is 12.6. The fourth-order valence-electron chi connectivity index (χ4n) is 3.71. The molecule has 0 bridgehead atoms. The van der Waals surface area contributed by atoms with E-state index >= 15 is 0 Å². The van der Waals surface area contributed by atoms with Gasteiger partial charge < -0.3 is 10.6 Å². The van der Waals surface area contributed by atoms with Crippen molar-refractivity contribution in [1.82, 2.24) is 30.2 Å². The molecule has 0 radical (unpaired) electrons. The molecule has 0 unspecified atom stereocenters. The van der Waals surface area contributed by atoms with Gasteiger partial charge in [0.1, 0.15) is 0 Å². The first-order valence-corrected chi connectivity index (χ1v) is 11.1. The summed E-state index contributed by atoms with van der Waals surface area (Å²) in [5.74, 6) is 0.838. The highest BCUT2D eigenvalue weighted by atomic mass is 127. The highest BCUT2D eigenvalue weighted by Gasteiger charge is 2.12. The number of nitrogens with zero attached hydrogens (tertiary/aromatic N) is 5. The average molecular weight is 550 g/mol. The number of hydrogen-bond acceptors (Lipinski definition) is 3. The Morgan fingerprint density at radius 1 is 1.00 bits per heavy atom. The molecule has 3 rings (SSSR count). The van der Waals surface area contributed by atoms with E-state index < -0.39 is 0 Å². The summed E-state index contributed by atoms with van der Waals surface area (Å²) in [5.41, 5.74) is 6.93. The molecule has 0 aliphatic heterocycles. The zero-order valence-electron chi connectivity index (χ0n) is 19.9. The smallest absolute Gasteiger partial charge is 0.191 e. The predicted octanol–water partition coefficient (Wildman–Crippen LogP) is 4.12. The molecule has 0 atom stereocenters. The van der Waals surface area contributed by atoms with Crippen LogP contribution in [-0.2, 0) is 19.6 Å². The summed E-state index contributed by atoms with van der Waals surface area (Å²) in [6, 6.07) is 12.5. The second-order valence-corrected chi connectivity index (χ2v) is 7.92. The van der Waals surface area contributed by atoms with Crippen molar-refractivity contribution in [3.8, 4) is 0 Å². The molecule has 0 saturated heterocycles. The molecular weight excluding hydrogens is 513 g/mol. The van der Waals surface area contributed by atoms with Crippen molar-refractivity contribution in [2.75, 3.05) is 13.1 Å². The number of aryl methyl sites for hydroxylation is 4. The molecule has 0 aliphatic rings. The summed E-state index contributed by atoms with van der Waals surface area (Å²) in [6.07, 6.45) is 0.986. The van der Waals surface area contributed by atoms with Crippen molar-refractivity contribution in [2.24, 2.45) is 4.99 Å². The highest BCUT2D eigenvalue weighted by Crippen LogP contribution is 2.16. The predicted molar refractivity (Wildman–Crippen MR) is 142 cm³/mol. The van der Waals surface area contributed by atoms with E-state index in [1.165, 1.54) is 22.5 Å². The Kier molecular flexibility index (Phi) is 10.2. The summed E-state index contributed by atoms with van der Waals surface area (Å²) in [6.45, 7) is 14.4. The number of halogens is 1. The number of aliphatic imine (C=N–C) groups is 1. The Balaban J connectivity index is 0.00000363. The number of benzene rings is 1. The quantitative estimate of drug-likeness (QED) is 0.182. The van der Waals surface area contributed by atoms with Gasteiger partial charge in [-0.3, -0.25) is 9.36 Å². The van der Waals surface area contributed by atoms with Crippen LogP contribution in [0.4, 0.5) is 0 Å². The number of aromatic nitrogens is 4. The van der Waals surface area contributed by atoms with Crippen LogP contribution in [0, 0.1) is 27.7 Å². The SMILES string of the molecule is CCNC(=NCc1c(C)nn(Cc2ccccc2)c1C)NCCCn1nc(C)cc1C.I. The molecular formula is C24H36IN7. The molecule has 1 aromatic carbocycles. The van der Waals surface area contributed by atoms with Gasteiger partial charge in [-0.15, -0.1) is 24.0 Å². The van der Waals surface area contributed by atoms with Gasteiger partial charge in [0, 0.05) is 36.6 Å². The summed E-state index contributed by atoms with van der Waals surface area (Å²) in [5, 5.41) is 16.1. The molecule has 0 amide bonds. The van der Waals surface area contributed by atoms with E-state index in [0.717, 1.165) is 49.9 Å². The van der Waals surface area contributed by atoms with Gasteiger partial charge in [0.15, 0.2) is 5.96 Å². The molecule has 2 N–H and O–H groups in total.